The first kappa shape index (κ1) is 54.2. The van der Waals surface area contributed by atoms with E-state index in [-0.39, 0.29) is 22.1 Å². The molecule has 2 aliphatic rings. The summed E-state index contributed by atoms with van der Waals surface area (Å²) in [5.41, 5.74) is 3.62. The van der Waals surface area contributed by atoms with Crippen molar-refractivity contribution < 1.29 is 27.8 Å². The van der Waals surface area contributed by atoms with Gasteiger partial charge in [-0.25, -0.2) is 28.3 Å². The van der Waals surface area contributed by atoms with Crippen LogP contribution in [0.25, 0.3) is 20.4 Å². The molecule has 0 aliphatic carbocycles. The number of aromatic nitrogens is 2. The van der Waals surface area contributed by atoms with Crippen molar-refractivity contribution in [1.82, 2.24) is 30.4 Å². The van der Waals surface area contributed by atoms with E-state index >= 15 is 0 Å². The van der Waals surface area contributed by atoms with E-state index in [0.29, 0.717) is 68.0 Å². The second-order valence-electron chi connectivity index (χ2n) is 18.2. The zero-order valence-electron chi connectivity index (χ0n) is 40.5. The van der Waals surface area contributed by atoms with Gasteiger partial charge in [0, 0.05) is 46.8 Å². The molecule has 3 unspecified atom stereocenters. The van der Waals surface area contributed by atoms with Crippen LogP contribution in [0.4, 0.5) is 28.6 Å². The first-order chi connectivity index (χ1) is 35.2. The molecule has 0 spiro atoms. The highest BCUT2D eigenvalue weighted by Crippen LogP contribution is 2.38. The summed E-state index contributed by atoms with van der Waals surface area (Å²) < 4.78 is 41.4. The highest BCUT2D eigenvalue weighted by atomic mass is 35.5. The fraction of sp³-hybridized carbons (Fsp3) is 0.358. The van der Waals surface area contributed by atoms with Crippen LogP contribution in [0.5, 0.6) is 11.5 Å². The van der Waals surface area contributed by atoms with Crippen LogP contribution in [0.3, 0.4) is 0 Å². The molecule has 9 rings (SSSR count). The van der Waals surface area contributed by atoms with Crippen molar-refractivity contribution in [3.05, 3.63) is 139 Å². The van der Waals surface area contributed by atoms with Crippen LogP contribution >= 0.6 is 69.1 Å². The van der Waals surface area contributed by atoms with Crippen LogP contribution in [-0.2, 0) is 6.54 Å². The maximum absolute atomic E-state index is 13.9. The number of urea groups is 2. The topological polar surface area (TPSA) is 133 Å². The molecule has 4 N–H and O–H groups in total. The Bertz CT molecular complexity index is 3020. The van der Waals surface area contributed by atoms with E-state index in [1.165, 1.54) is 65.3 Å². The quantitative estimate of drug-likeness (QED) is 0.0704. The lowest BCUT2D eigenvalue weighted by Gasteiger charge is -2.32. The molecule has 73 heavy (non-hydrogen) atoms. The van der Waals surface area contributed by atoms with Crippen molar-refractivity contribution >= 4 is 112 Å². The lowest BCUT2D eigenvalue weighted by Crippen LogP contribution is -2.35. The van der Waals surface area contributed by atoms with Gasteiger partial charge in [0.15, 0.2) is 10.3 Å². The molecule has 4 amide bonds. The average Bonchev–Trinajstić information content (AvgIpc) is 4.09. The molecule has 12 nitrogen and oxygen atoms in total. The van der Waals surface area contributed by atoms with E-state index in [1.54, 1.807) is 26.0 Å². The number of anilines is 2. The summed E-state index contributed by atoms with van der Waals surface area (Å²) in [7, 11) is 2.12. The van der Waals surface area contributed by atoms with Crippen molar-refractivity contribution in [2.24, 2.45) is 5.92 Å². The van der Waals surface area contributed by atoms with Crippen molar-refractivity contribution in [3.8, 4) is 11.5 Å². The molecule has 20 heteroatoms. The number of nitrogens with zero attached hydrogens (tertiary/aromatic N) is 4. The second-order valence-corrected chi connectivity index (χ2v) is 21.8. The largest absolute Gasteiger partial charge is 0.486 e. The van der Waals surface area contributed by atoms with Crippen molar-refractivity contribution in [1.29, 1.82) is 0 Å². The number of carbonyl (C=O) groups excluding carboxylic acids is 2. The number of rotatable bonds is 16. The smallest absolute Gasteiger partial charge is 0.321 e. The van der Waals surface area contributed by atoms with Gasteiger partial charge in [0.05, 0.1) is 30.5 Å². The number of hydrogen-bond donors (Lipinski definition) is 4. The SMILES string of the molecule is CC(Oc1ccc2nc(NC(=O)NCCC3CCCN3C)sc2c1)c1c(Cl)ccc(F)c1Cl.CC(Oc1ccc2nc(NC(=O)NCCC3CCN(Cc4ccccc4)CC3)sc2c1)c1c(Cl)ccc(F)c1Cl. The number of thiazole rings is 2. The van der Waals surface area contributed by atoms with E-state index < -0.39 is 23.8 Å². The number of benzene rings is 5. The van der Waals surface area contributed by atoms with Crippen molar-refractivity contribution in [2.45, 2.75) is 77.2 Å². The van der Waals surface area contributed by atoms with Crippen LogP contribution in [0.2, 0.25) is 20.1 Å². The zero-order valence-corrected chi connectivity index (χ0v) is 45.1. The summed E-state index contributed by atoms with van der Waals surface area (Å²) in [4.78, 5) is 38.6. The van der Waals surface area contributed by atoms with E-state index in [0.717, 1.165) is 72.3 Å². The Kier molecular flexibility index (Phi) is 18.9. The molecule has 386 valence electrons. The maximum atomic E-state index is 13.9. The van der Waals surface area contributed by atoms with Gasteiger partial charge in [-0.1, -0.05) is 99.4 Å². The summed E-state index contributed by atoms with van der Waals surface area (Å²) in [6.07, 6.45) is 5.45. The lowest BCUT2D eigenvalue weighted by atomic mass is 9.93. The molecule has 2 fully saturated rings. The summed E-state index contributed by atoms with van der Waals surface area (Å²) in [5, 5.41) is 13.1. The predicted octanol–water partition coefficient (Wildman–Crippen LogP) is 14.8. The average molecular weight is 1110 g/mol. The Balaban J connectivity index is 0.000000199. The molecule has 5 aromatic carbocycles. The van der Waals surface area contributed by atoms with Gasteiger partial charge in [0.2, 0.25) is 0 Å². The van der Waals surface area contributed by atoms with Gasteiger partial charge in [-0.2, -0.15) is 0 Å². The maximum Gasteiger partial charge on any atom is 0.321 e. The molecular weight excluding hydrogens is 1060 g/mol. The third-order valence-corrected chi connectivity index (χ3v) is 16.3. The molecule has 2 aromatic heterocycles. The number of amides is 4. The second kappa shape index (κ2) is 25.5. The van der Waals surface area contributed by atoms with Crippen LogP contribution in [0, 0.1) is 17.6 Å². The van der Waals surface area contributed by atoms with Crippen LogP contribution in [-0.4, -0.2) is 77.6 Å². The standard InChI is InChI=1S/C30H31Cl2FN4O2S.C23H25Cl2FN4O2S/c1-19(27-23(31)8-9-24(33)28(27)32)39-22-7-10-25-26(17-22)40-30(35-25)36-29(38)34-14-11-20-12-15-37(16-13-20)18-21-5-3-2-4-6-21;1-13(20-16(24)6-7-17(26)21(20)25)32-15-5-8-18-19(12-15)33-23(28-18)29-22(31)27-10-9-14-4-3-11-30(14)2/h2-10,17,19-20H,11-16,18H2,1H3,(H2,34,35,36,38);5-8,12-14H,3-4,9-11H2,1-2H3,(H2,27,28,29,31). The van der Waals surface area contributed by atoms with Gasteiger partial charge in [-0.15, -0.1) is 0 Å². The molecule has 2 saturated heterocycles. The number of likely N-dealkylation sites (tertiary alicyclic amines) is 2. The first-order valence-electron chi connectivity index (χ1n) is 24.1. The highest BCUT2D eigenvalue weighted by molar-refractivity contribution is 7.22. The molecule has 3 atom stereocenters. The van der Waals surface area contributed by atoms with E-state index in [1.807, 2.05) is 30.3 Å². The van der Waals surface area contributed by atoms with Crippen molar-refractivity contribution in [2.75, 3.05) is 50.4 Å². The van der Waals surface area contributed by atoms with Gasteiger partial charge < -0.3 is 25.0 Å². The number of halogens is 6. The van der Waals surface area contributed by atoms with E-state index in [9.17, 15) is 18.4 Å². The highest BCUT2D eigenvalue weighted by Gasteiger charge is 2.24. The monoisotopic (exact) mass is 1110 g/mol. The Hall–Kier alpha value is -5.04. The Morgan fingerprint density at radius 2 is 1.19 bits per heavy atom. The molecule has 2 aliphatic heterocycles. The van der Waals surface area contributed by atoms with E-state index in [2.05, 4.69) is 72.3 Å². The number of piperidine rings is 1. The lowest BCUT2D eigenvalue weighted by molar-refractivity contribution is 0.172. The van der Waals surface area contributed by atoms with Crippen LogP contribution in [0.1, 0.15) is 81.3 Å². The van der Waals surface area contributed by atoms with Crippen LogP contribution < -0.4 is 30.7 Å². The molecule has 4 heterocycles. The minimum atomic E-state index is -0.569. The number of hydrogen-bond acceptors (Lipinski definition) is 10. The third-order valence-electron chi connectivity index (χ3n) is 13.0. The van der Waals surface area contributed by atoms with Gasteiger partial charge in [0.1, 0.15) is 35.3 Å². The Labute approximate surface area is 451 Å². The molecule has 0 saturated carbocycles. The number of fused-ring (bicyclic) bond motifs is 2. The summed E-state index contributed by atoms with van der Waals surface area (Å²) in [5.74, 6) is 0.645. The Morgan fingerprint density at radius 3 is 1.68 bits per heavy atom. The number of ether oxygens (including phenoxy) is 2. The summed E-state index contributed by atoms with van der Waals surface area (Å²) in [6.45, 7) is 9.05. The zero-order chi connectivity index (χ0) is 51.6. The first-order valence-corrected chi connectivity index (χ1v) is 27.3. The minimum Gasteiger partial charge on any atom is -0.486 e. The molecule has 7 aromatic rings. The summed E-state index contributed by atoms with van der Waals surface area (Å²) in [6, 6.07) is 26.8. The van der Waals surface area contributed by atoms with Gasteiger partial charge >= 0.3 is 12.1 Å². The molecule has 0 bridgehead atoms. The van der Waals surface area contributed by atoms with E-state index in [4.69, 9.17) is 55.9 Å². The normalized spacial score (nSPS) is 16.2. The van der Waals surface area contributed by atoms with Gasteiger partial charge in [-0.3, -0.25) is 15.5 Å². The fourth-order valence-electron chi connectivity index (χ4n) is 9.06. The minimum absolute atomic E-state index is 0.0501. The Morgan fingerprint density at radius 1 is 0.685 bits per heavy atom. The predicted molar refractivity (Wildman–Crippen MR) is 294 cm³/mol. The number of nitrogens with one attached hydrogen (secondary N) is 4. The van der Waals surface area contributed by atoms with Crippen LogP contribution in [0.15, 0.2) is 91.0 Å². The number of carbonyl (C=O) groups is 2. The third kappa shape index (κ3) is 14.6. The fourth-order valence-corrected chi connectivity index (χ4v) is 12.2. The van der Waals surface area contributed by atoms with Gasteiger partial charge in [0.25, 0.3) is 0 Å². The molecular formula is C53H56Cl4F2N8O4S2. The summed E-state index contributed by atoms with van der Waals surface area (Å²) >= 11 is 27.4. The van der Waals surface area contributed by atoms with Gasteiger partial charge in [-0.05, 0) is 151 Å². The molecule has 0 radical (unpaired) electrons. The van der Waals surface area contributed by atoms with Crippen molar-refractivity contribution in [3.63, 3.8) is 0 Å².